The van der Waals surface area contributed by atoms with E-state index in [0.29, 0.717) is 11.3 Å². The molecule has 1 N–H and O–H groups in total. The monoisotopic (exact) mass is 272 g/mol. The van der Waals surface area contributed by atoms with E-state index in [-0.39, 0.29) is 6.61 Å². The first-order chi connectivity index (χ1) is 9.61. The van der Waals surface area contributed by atoms with E-state index in [2.05, 4.69) is 0 Å². The van der Waals surface area contributed by atoms with E-state index in [4.69, 9.17) is 9.47 Å². The van der Waals surface area contributed by atoms with Crippen LogP contribution in [-0.4, -0.2) is 25.9 Å². The summed E-state index contributed by atoms with van der Waals surface area (Å²) in [5.41, 5.74) is 1.33. The van der Waals surface area contributed by atoms with Crippen LogP contribution < -0.4 is 4.74 Å². The molecule has 2 aromatic carbocycles. The number of ether oxygens (including phenoxy) is 2. The van der Waals surface area contributed by atoms with Crippen LogP contribution in [0.4, 0.5) is 0 Å². The van der Waals surface area contributed by atoms with Gasteiger partial charge in [0.15, 0.2) is 0 Å². The molecule has 3 nitrogen and oxygen atoms in total. The molecule has 0 heterocycles. The van der Waals surface area contributed by atoms with Crippen molar-refractivity contribution in [3.05, 3.63) is 65.2 Å². The highest BCUT2D eigenvalue weighted by atomic mass is 16.5. The smallest absolute Gasteiger partial charge is 0.141 e. The van der Waals surface area contributed by atoms with E-state index in [0.717, 1.165) is 11.1 Å². The van der Waals surface area contributed by atoms with Gasteiger partial charge in [-0.05, 0) is 24.6 Å². The number of hydrogen-bond acceptors (Lipinski definition) is 3. The van der Waals surface area contributed by atoms with E-state index in [9.17, 15) is 5.11 Å². The zero-order valence-electron chi connectivity index (χ0n) is 12.1. The summed E-state index contributed by atoms with van der Waals surface area (Å²) in [5, 5.41) is 11.2. The lowest BCUT2D eigenvalue weighted by Gasteiger charge is -2.30. The lowest BCUT2D eigenvalue weighted by Crippen LogP contribution is -2.33. The van der Waals surface area contributed by atoms with Crippen molar-refractivity contribution >= 4 is 0 Å². The first-order valence-electron chi connectivity index (χ1n) is 6.54. The number of hydrogen-bond donors (Lipinski definition) is 1. The van der Waals surface area contributed by atoms with Crippen molar-refractivity contribution < 1.29 is 14.6 Å². The van der Waals surface area contributed by atoms with E-state index in [1.54, 1.807) is 14.2 Å². The molecule has 1 atom stereocenters. The van der Waals surface area contributed by atoms with Crippen LogP contribution in [0, 0.1) is 6.92 Å². The van der Waals surface area contributed by atoms with Gasteiger partial charge in [0.2, 0.25) is 0 Å². The molecular formula is C17H20O3. The molecule has 0 saturated heterocycles. The molecule has 20 heavy (non-hydrogen) atoms. The summed E-state index contributed by atoms with van der Waals surface area (Å²) in [6, 6.07) is 15.3. The van der Waals surface area contributed by atoms with E-state index >= 15 is 0 Å². The molecule has 0 radical (unpaired) electrons. The summed E-state index contributed by atoms with van der Waals surface area (Å²) < 4.78 is 10.6. The molecule has 0 bridgehead atoms. The van der Waals surface area contributed by atoms with Gasteiger partial charge >= 0.3 is 0 Å². The number of rotatable bonds is 5. The zero-order chi connectivity index (χ0) is 14.6. The van der Waals surface area contributed by atoms with Gasteiger partial charge in [0.05, 0.1) is 13.7 Å². The molecule has 3 heteroatoms. The highest BCUT2D eigenvalue weighted by Gasteiger charge is 2.34. The zero-order valence-corrected chi connectivity index (χ0v) is 12.1. The van der Waals surface area contributed by atoms with Crippen LogP contribution in [0.2, 0.25) is 0 Å². The molecular weight excluding hydrogens is 252 g/mol. The van der Waals surface area contributed by atoms with E-state index in [1.165, 1.54) is 0 Å². The van der Waals surface area contributed by atoms with Crippen LogP contribution in [0.5, 0.6) is 5.75 Å². The molecule has 0 aliphatic carbocycles. The molecule has 1 unspecified atom stereocenters. The Bertz CT molecular complexity index is 566. The average Bonchev–Trinajstić information content (AvgIpc) is 2.48. The summed E-state index contributed by atoms with van der Waals surface area (Å²) in [6.45, 7) is 2.15. The molecule has 0 aliphatic rings. The number of benzene rings is 2. The van der Waals surface area contributed by atoms with Gasteiger partial charge in [-0.1, -0.05) is 42.0 Å². The molecule has 0 aliphatic heterocycles. The minimum absolute atomic E-state index is 0.164. The largest absolute Gasteiger partial charge is 0.496 e. The fraction of sp³-hybridized carbons (Fsp3) is 0.294. The quantitative estimate of drug-likeness (QED) is 0.909. The van der Waals surface area contributed by atoms with Crippen LogP contribution in [0.15, 0.2) is 48.5 Å². The average molecular weight is 272 g/mol. The fourth-order valence-electron chi connectivity index (χ4n) is 2.38. The third-order valence-electron chi connectivity index (χ3n) is 3.41. The first-order valence-corrected chi connectivity index (χ1v) is 6.54. The van der Waals surface area contributed by atoms with Crippen LogP contribution in [-0.2, 0) is 10.3 Å². The van der Waals surface area contributed by atoms with Crippen molar-refractivity contribution in [3.63, 3.8) is 0 Å². The Hall–Kier alpha value is -1.84. The Morgan fingerprint density at radius 3 is 2.35 bits per heavy atom. The van der Waals surface area contributed by atoms with E-state index in [1.807, 2.05) is 55.5 Å². The third-order valence-corrected chi connectivity index (χ3v) is 3.41. The standard InChI is InChI=1S/C17H20O3/c1-13-9-10-16(20-3)15(11-13)17(18,12-19-2)14-7-5-4-6-8-14/h4-11,18H,12H2,1-3H3. The minimum atomic E-state index is -1.23. The number of methoxy groups -OCH3 is 2. The first kappa shape index (κ1) is 14.6. The predicted octanol–water partition coefficient (Wildman–Crippen LogP) is 2.89. The summed E-state index contributed by atoms with van der Waals surface area (Å²) >= 11 is 0. The van der Waals surface area contributed by atoms with Crippen LogP contribution in [0.25, 0.3) is 0 Å². The lowest BCUT2D eigenvalue weighted by atomic mass is 9.85. The predicted molar refractivity (Wildman–Crippen MR) is 79.0 cm³/mol. The highest BCUT2D eigenvalue weighted by Crippen LogP contribution is 2.36. The second-order valence-electron chi connectivity index (χ2n) is 4.86. The Labute approximate surface area is 119 Å². The summed E-state index contributed by atoms with van der Waals surface area (Å²) in [5.74, 6) is 0.652. The highest BCUT2D eigenvalue weighted by molar-refractivity contribution is 5.46. The van der Waals surface area contributed by atoms with Gasteiger partial charge in [-0.15, -0.1) is 0 Å². The summed E-state index contributed by atoms with van der Waals surface area (Å²) in [6.07, 6.45) is 0. The van der Waals surface area contributed by atoms with Crippen molar-refractivity contribution in [3.8, 4) is 5.75 Å². The molecule has 106 valence electrons. The maximum absolute atomic E-state index is 11.2. The second-order valence-corrected chi connectivity index (χ2v) is 4.86. The summed E-state index contributed by atoms with van der Waals surface area (Å²) in [7, 11) is 3.18. The second kappa shape index (κ2) is 6.07. The molecule has 0 fully saturated rings. The van der Waals surface area contributed by atoms with Crippen molar-refractivity contribution in [1.82, 2.24) is 0 Å². The van der Waals surface area contributed by atoms with Crippen molar-refractivity contribution in [2.24, 2.45) is 0 Å². The normalized spacial score (nSPS) is 13.8. The fourth-order valence-corrected chi connectivity index (χ4v) is 2.38. The van der Waals surface area contributed by atoms with Gasteiger partial charge in [-0.25, -0.2) is 0 Å². The van der Waals surface area contributed by atoms with Gasteiger partial charge < -0.3 is 14.6 Å². The van der Waals surface area contributed by atoms with Crippen molar-refractivity contribution in [2.45, 2.75) is 12.5 Å². The molecule has 2 rings (SSSR count). The van der Waals surface area contributed by atoms with Crippen molar-refractivity contribution in [2.75, 3.05) is 20.8 Å². The Kier molecular flexibility index (Phi) is 4.42. The van der Waals surface area contributed by atoms with Gasteiger partial charge in [0, 0.05) is 12.7 Å². The molecule has 2 aromatic rings. The summed E-state index contributed by atoms with van der Waals surface area (Å²) in [4.78, 5) is 0. The van der Waals surface area contributed by atoms with Crippen molar-refractivity contribution in [1.29, 1.82) is 0 Å². The number of aliphatic hydroxyl groups is 1. The Balaban J connectivity index is 2.61. The van der Waals surface area contributed by atoms with Gasteiger partial charge in [-0.3, -0.25) is 0 Å². The van der Waals surface area contributed by atoms with Gasteiger partial charge in [0.25, 0.3) is 0 Å². The molecule has 0 aromatic heterocycles. The number of aryl methyl sites for hydroxylation is 1. The van der Waals surface area contributed by atoms with Crippen LogP contribution >= 0.6 is 0 Å². The van der Waals surface area contributed by atoms with Gasteiger partial charge in [0.1, 0.15) is 11.4 Å². The lowest BCUT2D eigenvalue weighted by molar-refractivity contribution is -0.00482. The topological polar surface area (TPSA) is 38.7 Å². The van der Waals surface area contributed by atoms with Gasteiger partial charge in [-0.2, -0.15) is 0 Å². The maximum atomic E-state index is 11.2. The SMILES string of the molecule is COCC(O)(c1ccccc1)c1cc(C)ccc1OC. The molecule has 0 amide bonds. The van der Waals surface area contributed by atoms with Crippen LogP contribution in [0.1, 0.15) is 16.7 Å². The Morgan fingerprint density at radius 1 is 1.05 bits per heavy atom. The Morgan fingerprint density at radius 2 is 1.75 bits per heavy atom. The minimum Gasteiger partial charge on any atom is -0.496 e. The third kappa shape index (κ3) is 2.69. The maximum Gasteiger partial charge on any atom is 0.141 e. The molecule has 0 spiro atoms. The van der Waals surface area contributed by atoms with Crippen LogP contribution in [0.3, 0.4) is 0 Å². The van der Waals surface area contributed by atoms with E-state index < -0.39 is 5.60 Å². The molecule has 0 saturated carbocycles.